The van der Waals surface area contributed by atoms with E-state index in [0.717, 1.165) is 0 Å². The van der Waals surface area contributed by atoms with Crippen LogP contribution < -0.4 is 10.6 Å². The van der Waals surface area contributed by atoms with Crippen LogP contribution >= 0.6 is 7.92 Å². The van der Waals surface area contributed by atoms with Crippen molar-refractivity contribution in [3.63, 3.8) is 0 Å². The van der Waals surface area contributed by atoms with Gasteiger partial charge in [0.15, 0.2) is 0 Å². The van der Waals surface area contributed by atoms with E-state index in [1.807, 2.05) is 6.92 Å². The topological polar surface area (TPSA) is 0 Å². The van der Waals surface area contributed by atoms with E-state index >= 15 is 0 Å². The first-order valence-electron chi connectivity index (χ1n) is 7.73. The van der Waals surface area contributed by atoms with E-state index in [9.17, 15) is 0 Å². The minimum absolute atomic E-state index is 0.620. The molecular formula is C21H25P. The fourth-order valence-corrected chi connectivity index (χ4v) is 5.73. The monoisotopic (exact) mass is 308 g/mol. The maximum absolute atomic E-state index is 3.53. The van der Waals surface area contributed by atoms with Crippen LogP contribution in [0.2, 0.25) is 0 Å². The van der Waals surface area contributed by atoms with Crippen LogP contribution in [0, 0.1) is 53.1 Å². The summed E-state index contributed by atoms with van der Waals surface area (Å²) in [7, 11) is -0.620. The van der Waals surface area contributed by atoms with Crippen molar-refractivity contribution >= 4 is 18.5 Å². The smallest absolute Gasteiger partial charge is 0.0355 e. The van der Waals surface area contributed by atoms with Crippen molar-refractivity contribution in [1.82, 2.24) is 0 Å². The molecule has 0 saturated carbocycles. The fourth-order valence-electron chi connectivity index (χ4n) is 3.39. The Hall–Kier alpha value is -1.57. The predicted octanol–water partition coefficient (Wildman–Crippen LogP) is 4.95. The van der Waals surface area contributed by atoms with Crippen LogP contribution in [0.15, 0.2) is 24.3 Å². The van der Waals surface area contributed by atoms with Gasteiger partial charge in [-0.15, -0.1) is 5.92 Å². The third-order valence-electron chi connectivity index (χ3n) is 3.94. The molecule has 0 aliphatic rings. The Morgan fingerprint density at radius 1 is 0.636 bits per heavy atom. The molecule has 0 spiro atoms. The molecule has 0 aliphatic heterocycles. The SMILES string of the molecule is CC#CP(c1c(C)cc(C)cc1C)c1c(C)cc(C)cc1C. The van der Waals surface area contributed by atoms with E-state index < -0.39 is 7.92 Å². The second-order valence-corrected chi connectivity index (χ2v) is 7.98. The zero-order valence-electron chi connectivity index (χ0n) is 14.8. The summed E-state index contributed by atoms with van der Waals surface area (Å²) in [4.78, 5) is 0. The van der Waals surface area contributed by atoms with E-state index in [0.29, 0.717) is 0 Å². The number of aryl methyl sites for hydroxylation is 6. The molecule has 0 saturated heterocycles. The lowest BCUT2D eigenvalue weighted by Crippen LogP contribution is -2.21. The van der Waals surface area contributed by atoms with Crippen LogP contribution in [0.3, 0.4) is 0 Å². The second kappa shape index (κ2) is 6.68. The molecule has 0 nitrogen and oxygen atoms in total. The lowest BCUT2D eigenvalue weighted by atomic mass is 10.1. The maximum Gasteiger partial charge on any atom is 0.0355 e. The summed E-state index contributed by atoms with van der Waals surface area (Å²) in [5.41, 5.74) is 11.7. The molecule has 0 aliphatic carbocycles. The van der Waals surface area contributed by atoms with Gasteiger partial charge in [0, 0.05) is 7.92 Å². The van der Waals surface area contributed by atoms with Gasteiger partial charge in [0.25, 0.3) is 0 Å². The number of rotatable bonds is 2. The molecule has 0 heterocycles. The molecule has 2 aromatic rings. The van der Waals surface area contributed by atoms with E-state index in [1.165, 1.54) is 44.0 Å². The number of benzene rings is 2. The van der Waals surface area contributed by atoms with Crippen LogP contribution in [0.25, 0.3) is 0 Å². The Morgan fingerprint density at radius 3 is 1.23 bits per heavy atom. The van der Waals surface area contributed by atoms with Crippen molar-refractivity contribution < 1.29 is 0 Å². The summed E-state index contributed by atoms with van der Waals surface area (Å²) in [5, 5.41) is 2.87. The van der Waals surface area contributed by atoms with Crippen molar-refractivity contribution in [1.29, 1.82) is 0 Å². The summed E-state index contributed by atoms with van der Waals surface area (Å²) in [6.07, 6.45) is 0. The van der Waals surface area contributed by atoms with Crippen LogP contribution in [0.1, 0.15) is 40.3 Å². The number of hydrogen-bond acceptors (Lipinski definition) is 0. The van der Waals surface area contributed by atoms with Gasteiger partial charge >= 0.3 is 0 Å². The third kappa shape index (κ3) is 3.26. The van der Waals surface area contributed by atoms with Crippen molar-refractivity contribution in [2.45, 2.75) is 48.5 Å². The van der Waals surface area contributed by atoms with Crippen LogP contribution in [0.5, 0.6) is 0 Å². The lowest BCUT2D eigenvalue weighted by molar-refractivity contribution is 1.35. The van der Waals surface area contributed by atoms with Gasteiger partial charge < -0.3 is 0 Å². The zero-order chi connectivity index (χ0) is 16.4. The minimum atomic E-state index is -0.620. The Bertz CT molecular complexity index is 669. The van der Waals surface area contributed by atoms with E-state index in [-0.39, 0.29) is 0 Å². The van der Waals surface area contributed by atoms with Gasteiger partial charge in [-0.3, -0.25) is 0 Å². The van der Waals surface area contributed by atoms with Gasteiger partial charge in [-0.1, -0.05) is 41.1 Å². The molecule has 0 bridgehead atoms. The summed E-state index contributed by atoms with van der Waals surface area (Å²) >= 11 is 0. The average Bonchev–Trinajstić information content (AvgIpc) is 2.36. The highest BCUT2D eigenvalue weighted by atomic mass is 31.1. The normalized spacial score (nSPS) is 10.5. The lowest BCUT2D eigenvalue weighted by Gasteiger charge is -2.22. The molecule has 1 heteroatoms. The van der Waals surface area contributed by atoms with Crippen LogP contribution in [-0.4, -0.2) is 0 Å². The summed E-state index contributed by atoms with van der Waals surface area (Å²) < 4.78 is 0. The highest BCUT2D eigenvalue weighted by Crippen LogP contribution is 2.38. The van der Waals surface area contributed by atoms with Crippen molar-refractivity contribution in [2.75, 3.05) is 0 Å². The maximum atomic E-state index is 3.53. The molecule has 0 N–H and O–H groups in total. The van der Waals surface area contributed by atoms with Gasteiger partial charge in [-0.2, -0.15) is 0 Å². The molecule has 0 unspecified atom stereocenters. The summed E-state index contributed by atoms with van der Waals surface area (Å²) in [6, 6.07) is 9.14. The van der Waals surface area contributed by atoms with Crippen LogP contribution in [-0.2, 0) is 0 Å². The van der Waals surface area contributed by atoms with Gasteiger partial charge in [0.2, 0.25) is 0 Å². The molecule has 0 radical (unpaired) electrons. The molecule has 0 fully saturated rings. The van der Waals surface area contributed by atoms with E-state index in [2.05, 4.69) is 77.4 Å². The van der Waals surface area contributed by atoms with Gasteiger partial charge in [-0.25, -0.2) is 0 Å². The Kier molecular flexibility index (Phi) is 5.10. The minimum Gasteiger partial charge on any atom is -0.101 e. The van der Waals surface area contributed by atoms with Crippen molar-refractivity contribution in [3.05, 3.63) is 57.6 Å². The largest absolute Gasteiger partial charge is 0.101 e. The van der Waals surface area contributed by atoms with E-state index in [1.54, 1.807) is 0 Å². The zero-order valence-corrected chi connectivity index (χ0v) is 15.7. The number of hydrogen-bond donors (Lipinski definition) is 0. The highest BCUT2D eigenvalue weighted by molar-refractivity contribution is 7.77. The molecular weight excluding hydrogens is 283 g/mol. The standard InChI is InChI=1S/C21H25P/c1-8-9-22(20-16(4)10-14(2)11-17(20)5)21-18(6)12-15(3)13-19(21)7/h10-13H,1-7H3. The molecule has 2 rings (SSSR count). The van der Waals surface area contributed by atoms with Crippen molar-refractivity contribution in [3.8, 4) is 11.6 Å². The van der Waals surface area contributed by atoms with Gasteiger partial charge in [-0.05, 0) is 81.3 Å². The van der Waals surface area contributed by atoms with Crippen molar-refractivity contribution in [2.24, 2.45) is 0 Å². The fraction of sp³-hybridized carbons (Fsp3) is 0.333. The molecule has 2 aromatic carbocycles. The first-order valence-corrected chi connectivity index (χ1v) is 9.07. The molecule has 0 amide bonds. The average molecular weight is 308 g/mol. The molecule has 114 valence electrons. The molecule has 0 atom stereocenters. The van der Waals surface area contributed by atoms with E-state index in [4.69, 9.17) is 0 Å². The Balaban J connectivity index is 2.75. The third-order valence-corrected chi connectivity index (χ3v) is 6.69. The molecule has 22 heavy (non-hydrogen) atoms. The summed E-state index contributed by atoms with van der Waals surface area (Å²) in [6.45, 7) is 15.2. The highest BCUT2D eigenvalue weighted by Gasteiger charge is 2.20. The first kappa shape index (κ1) is 16.8. The van der Waals surface area contributed by atoms with Gasteiger partial charge in [0.1, 0.15) is 0 Å². The first-order chi connectivity index (χ1) is 10.3. The second-order valence-electron chi connectivity index (χ2n) is 6.19. The summed E-state index contributed by atoms with van der Waals surface area (Å²) in [5.74, 6) is 3.18. The Morgan fingerprint density at radius 2 is 0.955 bits per heavy atom. The molecule has 0 aromatic heterocycles. The quantitative estimate of drug-likeness (QED) is 0.544. The van der Waals surface area contributed by atoms with Gasteiger partial charge in [0.05, 0.1) is 0 Å². The predicted molar refractivity (Wildman–Crippen MR) is 101 cm³/mol. The Labute approximate surface area is 136 Å². The van der Waals surface area contributed by atoms with Crippen LogP contribution in [0.4, 0.5) is 0 Å².